The van der Waals surface area contributed by atoms with E-state index in [0.717, 1.165) is 48.9 Å². The molecule has 0 unspecified atom stereocenters. The molecule has 4 rings (SSSR count). The Morgan fingerprint density at radius 2 is 2.19 bits per heavy atom. The second-order valence-corrected chi connectivity index (χ2v) is 7.38. The van der Waals surface area contributed by atoms with Gasteiger partial charge in [0.15, 0.2) is 0 Å². The topological polar surface area (TPSA) is 68.4 Å². The van der Waals surface area contributed by atoms with Crippen LogP contribution in [0.5, 0.6) is 0 Å². The molecule has 0 saturated carbocycles. The maximum atomic E-state index is 13.0. The van der Waals surface area contributed by atoms with E-state index in [4.69, 9.17) is 0 Å². The van der Waals surface area contributed by atoms with Crippen molar-refractivity contribution in [1.29, 1.82) is 0 Å². The number of carbonyl (C=O) groups is 2. The first kappa shape index (κ1) is 17.1. The van der Waals surface area contributed by atoms with E-state index in [9.17, 15) is 9.59 Å². The van der Waals surface area contributed by atoms with Crippen LogP contribution in [0.1, 0.15) is 29.6 Å². The van der Waals surface area contributed by atoms with Crippen LogP contribution < -0.4 is 5.32 Å². The summed E-state index contributed by atoms with van der Waals surface area (Å²) in [6.45, 7) is 3.04. The standard InChI is InChI=1S/C20H26N4O2/c1-21-9-11-24-18-7-10-23(13-16(18)3-5-19(24)25)20(26)15-2-4-17-14(12-15)6-8-22-17/h2,4,6,8,12,16,18,21-22H,3,5,7,9-11,13H2,1H3/t16-,18+/m0/s1. The van der Waals surface area contributed by atoms with E-state index < -0.39 is 0 Å². The molecule has 2 aliphatic heterocycles. The van der Waals surface area contributed by atoms with Crippen molar-refractivity contribution in [3.05, 3.63) is 36.0 Å². The van der Waals surface area contributed by atoms with Gasteiger partial charge in [-0.15, -0.1) is 0 Å². The number of H-pyrrole nitrogens is 1. The average molecular weight is 354 g/mol. The fraction of sp³-hybridized carbons (Fsp3) is 0.500. The Kier molecular flexibility index (Phi) is 4.68. The average Bonchev–Trinajstić information content (AvgIpc) is 3.14. The normalized spacial score (nSPS) is 23.3. The molecule has 6 heteroatoms. The van der Waals surface area contributed by atoms with Gasteiger partial charge in [-0.3, -0.25) is 9.59 Å². The number of likely N-dealkylation sites (N-methyl/N-ethyl adjacent to an activating group) is 1. The summed E-state index contributed by atoms with van der Waals surface area (Å²) in [7, 11) is 1.91. The number of aromatic nitrogens is 1. The number of carbonyl (C=O) groups excluding carboxylic acids is 2. The predicted molar refractivity (Wildman–Crippen MR) is 101 cm³/mol. The number of hydrogen-bond acceptors (Lipinski definition) is 3. The van der Waals surface area contributed by atoms with Crippen LogP contribution in [-0.4, -0.2) is 65.9 Å². The van der Waals surface area contributed by atoms with E-state index >= 15 is 0 Å². The van der Waals surface area contributed by atoms with Crippen molar-refractivity contribution in [2.24, 2.45) is 5.92 Å². The molecule has 2 saturated heterocycles. The summed E-state index contributed by atoms with van der Waals surface area (Å²) in [5.41, 5.74) is 1.79. The lowest BCUT2D eigenvalue weighted by atomic mass is 9.83. The summed E-state index contributed by atoms with van der Waals surface area (Å²) < 4.78 is 0. The van der Waals surface area contributed by atoms with Crippen molar-refractivity contribution in [3.63, 3.8) is 0 Å². The van der Waals surface area contributed by atoms with Gasteiger partial charge < -0.3 is 20.1 Å². The molecule has 138 valence electrons. The third-order valence-electron chi connectivity index (χ3n) is 5.83. The molecule has 0 radical (unpaired) electrons. The molecule has 6 nitrogen and oxygen atoms in total. The fourth-order valence-corrected chi connectivity index (χ4v) is 4.43. The minimum Gasteiger partial charge on any atom is -0.361 e. The summed E-state index contributed by atoms with van der Waals surface area (Å²) in [5.74, 6) is 0.752. The molecule has 0 bridgehead atoms. The summed E-state index contributed by atoms with van der Waals surface area (Å²) in [6.07, 6.45) is 4.25. The van der Waals surface area contributed by atoms with Crippen LogP contribution in [0.25, 0.3) is 10.9 Å². The number of fused-ring (bicyclic) bond motifs is 2. The van der Waals surface area contributed by atoms with Crippen LogP contribution in [0.15, 0.2) is 30.5 Å². The number of hydrogen-bond donors (Lipinski definition) is 2. The van der Waals surface area contributed by atoms with Gasteiger partial charge in [0.05, 0.1) is 0 Å². The summed E-state index contributed by atoms with van der Waals surface area (Å²) in [6, 6.07) is 8.10. The second kappa shape index (κ2) is 7.11. The van der Waals surface area contributed by atoms with Gasteiger partial charge in [0, 0.05) is 61.3 Å². The number of piperidine rings is 2. The Morgan fingerprint density at radius 3 is 3.04 bits per heavy atom. The van der Waals surface area contributed by atoms with E-state index in [-0.39, 0.29) is 17.9 Å². The minimum absolute atomic E-state index is 0.102. The quantitative estimate of drug-likeness (QED) is 0.880. The molecule has 1 aromatic carbocycles. The van der Waals surface area contributed by atoms with E-state index in [0.29, 0.717) is 18.9 Å². The molecule has 2 amide bonds. The highest BCUT2D eigenvalue weighted by molar-refractivity contribution is 5.98. The summed E-state index contributed by atoms with van der Waals surface area (Å²) >= 11 is 0. The Labute approximate surface area is 153 Å². The number of likely N-dealkylation sites (tertiary alicyclic amines) is 2. The van der Waals surface area contributed by atoms with E-state index in [1.54, 1.807) is 0 Å². The molecule has 3 heterocycles. The maximum Gasteiger partial charge on any atom is 0.253 e. The molecule has 2 atom stereocenters. The Hall–Kier alpha value is -2.34. The van der Waals surface area contributed by atoms with Crippen molar-refractivity contribution in [2.45, 2.75) is 25.3 Å². The number of amides is 2. The van der Waals surface area contributed by atoms with Crippen LogP contribution in [-0.2, 0) is 4.79 Å². The van der Waals surface area contributed by atoms with Gasteiger partial charge in [-0.2, -0.15) is 0 Å². The Balaban J connectivity index is 1.47. The lowest BCUT2D eigenvalue weighted by Crippen LogP contribution is -2.57. The summed E-state index contributed by atoms with van der Waals surface area (Å²) in [4.78, 5) is 32.5. The van der Waals surface area contributed by atoms with Gasteiger partial charge in [0.2, 0.25) is 5.91 Å². The first-order valence-corrected chi connectivity index (χ1v) is 9.48. The third-order valence-corrected chi connectivity index (χ3v) is 5.83. The molecule has 2 aliphatic rings. The Bertz CT molecular complexity index is 815. The van der Waals surface area contributed by atoms with Crippen molar-refractivity contribution < 1.29 is 9.59 Å². The van der Waals surface area contributed by atoms with Gasteiger partial charge in [-0.1, -0.05) is 0 Å². The Morgan fingerprint density at radius 1 is 1.31 bits per heavy atom. The monoisotopic (exact) mass is 354 g/mol. The molecular weight excluding hydrogens is 328 g/mol. The maximum absolute atomic E-state index is 13.0. The molecule has 2 fully saturated rings. The molecule has 0 aliphatic carbocycles. The van der Waals surface area contributed by atoms with Gasteiger partial charge in [0.25, 0.3) is 5.91 Å². The first-order chi connectivity index (χ1) is 12.7. The predicted octanol–water partition coefficient (Wildman–Crippen LogP) is 1.84. The highest BCUT2D eigenvalue weighted by atomic mass is 16.2. The smallest absolute Gasteiger partial charge is 0.253 e. The van der Waals surface area contributed by atoms with Crippen LogP contribution >= 0.6 is 0 Å². The second-order valence-electron chi connectivity index (χ2n) is 7.38. The van der Waals surface area contributed by atoms with Gasteiger partial charge >= 0.3 is 0 Å². The van der Waals surface area contributed by atoms with Crippen LogP contribution in [0.4, 0.5) is 0 Å². The lowest BCUT2D eigenvalue weighted by molar-refractivity contribution is -0.140. The highest BCUT2D eigenvalue weighted by Gasteiger charge is 2.40. The molecule has 2 N–H and O–H groups in total. The van der Waals surface area contributed by atoms with Crippen molar-refractivity contribution in [2.75, 3.05) is 33.2 Å². The zero-order chi connectivity index (χ0) is 18.1. The van der Waals surface area contributed by atoms with Gasteiger partial charge in [-0.05, 0) is 50.1 Å². The molecule has 1 aromatic heterocycles. The summed E-state index contributed by atoms with van der Waals surface area (Å²) in [5, 5.41) is 4.19. The zero-order valence-corrected chi connectivity index (χ0v) is 15.2. The number of nitrogens with one attached hydrogen (secondary N) is 2. The lowest BCUT2D eigenvalue weighted by Gasteiger charge is -2.47. The van der Waals surface area contributed by atoms with Crippen LogP contribution in [0.2, 0.25) is 0 Å². The van der Waals surface area contributed by atoms with E-state index in [1.807, 2.05) is 47.3 Å². The number of nitrogens with zero attached hydrogens (tertiary/aromatic N) is 2. The number of rotatable bonds is 4. The minimum atomic E-state index is 0.102. The number of aromatic amines is 1. The number of benzene rings is 1. The molecule has 26 heavy (non-hydrogen) atoms. The van der Waals surface area contributed by atoms with Crippen molar-refractivity contribution >= 4 is 22.7 Å². The van der Waals surface area contributed by atoms with E-state index in [2.05, 4.69) is 10.3 Å². The fourth-order valence-electron chi connectivity index (χ4n) is 4.43. The molecular formula is C20H26N4O2. The molecule has 2 aromatic rings. The van der Waals surface area contributed by atoms with Gasteiger partial charge in [-0.25, -0.2) is 0 Å². The van der Waals surface area contributed by atoms with Crippen molar-refractivity contribution in [1.82, 2.24) is 20.1 Å². The van der Waals surface area contributed by atoms with E-state index in [1.165, 1.54) is 0 Å². The zero-order valence-electron chi connectivity index (χ0n) is 15.2. The van der Waals surface area contributed by atoms with Crippen molar-refractivity contribution in [3.8, 4) is 0 Å². The largest absolute Gasteiger partial charge is 0.361 e. The molecule has 0 spiro atoms. The SMILES string of the molecule is CNCCN1C(=O)CC[C@H]2CN(C(=O)c3ccc4[nH]ccc4c3)CC[C@H]21. The van der Waals surface area contributed by atoms with Crippen LogP contribution in [0, 0.1) is 5.92 Å². The first-order valence-electron chi connectivity index (χ1n) is 9.48. The highest BCUT2D eigenvalue weighted by Crippen LogP contribution is 2.31. The van der Waals surface area contributed by atoms with Crippen LogP contribution in [0.3, 0.4) is 0 Å². The van der Waals surface area contributed by atoms with Gasteiger partial charge in [0.1, 0.15) is 0 Å². The third kappa shape index (κ3) is 3.09.